The second kappa shape index (κ2) is 13.6. The normalized spacial score (nSPS) is 21.2. The first kappa shape index (κ1) is 32.2. The molecule has 2 aromatic carbocycles. The molecule has 0 spiro atoms. The Morgan fingerprint density at radius 3 is 1.69 bits per heavy atom. The van der Waals surface area contributed by atoms with Crippen molar-refractivity contribution in [2.75, 3.05) is 13.7 Å². The first-order chi connectivity index (χ1) is 18.4. The van der Waals surface area contributed by atoms with Gasteiger partial charge in [0.1, 0.15) is 0 Å². The summed E-state index contributed by atoms with van der Waals surface area (Å²) >= 11 is 0. The topological polar surface area (TPSA) is 36.9 Å². The number of benzene rings is 2. The highest BCUT2D eigenvalue weighted by atomic mass is 28.4. The van der Waals surface area contributed by atoms with Crippen LogP contribution in [0.15, 0.2) is 60.7 Å². The summed E-state index contributed by atoms with van der Waals surface area (Å²) in [6, 6.07) is 21.7. The van der Waals surface area contributed by atoms with Crippen molar-refractivity contribution < 1.29 is 18.3 Å². The highest BCUT2D eigenvalue weighted by molar-refractivity contribution is 6.99. The summed E-state index contributed by atoms with van der Waals surface area (Å²) in [5, 5.41) is 2.58. The van der Waals surface area contributed by atoms with Crippen molar-refractivity contribution in [3.63, 3.8) is 0 Å². The van der Waals surface area contributed by atoms with Crippen molar-refractivity contribution >= 4 is 27.0 Å². The largest absolute Gasteiger partial charge is 0.413 e. The lowest BCUT2D eigenvalue weighted by Crippen LogP contribution is -2.66. The van der Waals surface area contributed by atoms with E-state index in [4.69, 9.17) is 18.3 Å². The van der Waals surface area contributed by atoms with E-state index in [1.807, 2.05) is 0 Å². The van der Waals surface area contributed by atoms with Crippen LogP contribution in [0.2, 0.25) is 21.7 Å². The molecule has 0 bridgehead atoms. The fraction of sp³-hybridized carbons (Fsp3) is 0.636. The van der Waals surface area contributed by atoms with E-state index in [0.29, 0.717) is 23.2 Å². The standard InChI is InChI=1S/C33H54O4Si2/c1-25(2)38(26(3)4,27(5)6)37-29-23-28(36-32(24-29)34-10)21-22-35-39(33(7,8)9,30-17-13-11-14-18-30)31-19-15-12-16-20-31/h11-20,25-29,32H,21-24H2,1-10H3/t28-,29-,32-/m1/s1. The third kappa shape index (κ3) is 6.96. The lowest BCUT2D eigenvalue weighted by atomic mass is 10.0. The number of rotatable bonds is 12. The maximum absolute atomic E-state index is 7.21. The van der Waals surface area contributed by atoms with Crippen molar-refractivity contribution in [2.45, 2.75) is 122 Å². The van der Waals surface area contributed by atoms with Gasteiger partial charge in [-0.25, -0.2) is 0 Å². The predicted octanol–water partition coefficient (Wildman–Crippen LogP) is 7.67. The maximum Gasteiger partial charge on any atom is 0.261 e. The summed E-state index contributed by atoms with van der Waals surface area (Å²) < 4.78 is 26.6. The second-order valence-corrected chi connectivity index (χ2v) is 23.0. The third-order valence-electron chi connectivity index (χ3n) is 8.84. The van der Waals surface area contributed by atoms with Gasteiger partial charge in [-0.15, -0.1) is 0 Å². The smallest absolute Gasteiger partial charge is 0.261 e. The molecular formula is C33H54O4Si2. The van der Waals surface area contributed by atoms with Gasteiger partial charge in [0, 0.05) is 20.1 Å². The molecule has 4 nitrogen and oxygen atoms in total. The average Bonchev–Trinajstić information content (AvgIpc) is 2.89. The van der Waals surface area contributed by atoms with Crippen LogP contribution in [-0.4, -0.2) is 48.8 Å². The van der Waals surface area contributed by atoms with Crippen LogP contribution in [0.1, 0.15) is 81.6 Å². The van der Waals surface area contributed by atoms with Crippen LogP contribution in [0.4, 0.5) is 0 Å². The summed E-state index contributed by atoms with van der Waals surface area (Å²) in [5.41, 5.74) is 1.66. The van der Waals surface area contributed by atoms with Gasteiger partial charge >= 0.3 is 0 Å². The van der Waals surface area contributed by atoms with Crippen LogP contribution in [0.25, 0.3) is 0 Å². The van der Waals surface area contributed by atoms with Crippen molar-refractivity contribution in [2.24, 2.45) is 0 Å². The van der Waals surface area contributed by atoms with Crippen LogP contribution < -0.4 is 10.4 Å². The zero-order chi connectivity index (χ0) is 28.8. The van der Waals surface area contributed by atoms with E-state index < -0.39 is 16.6 Å². The molecule has 218 valence electrons. The highest BCUT2D eigenvalue weighted by Crippen LogP contribution is 2.45. The molecule has 3 atom stereocenters. The molecule has 1 aliphatic rings. The first-order valence-electron chi connectivity index (χ1n) is 15.0. The molecule has 1 fully saturated rings. The van der Waals surface area contributed by atoms with E-state index in [0.717, 1.165) is 19.3 Å². The Bertz CT molecular complexity index is 926. The van der Waals surface area contributed by atoms with Gasteiger partial charge in [0.05, 0.1) is 12.2 Å². The summed E-state index contributed by atoms with van der Waals surface area (Å²) in [6.07, 6.45) is 2.48. The molecule has 1 saturated heterocycles. The number of hydrogen-bond donors (Lipinski definition) is 0. The van der Waals surface area contributed by atoms with Crippen molar-refractivity contribution in [3.05, 3.63) is 60.7 Å². The number of hydrogen-bond acceptors (Lipinski definition) is 4. The fourth-order valence-corrected chi connectivity index (χ4v) is 17.3. The molecule has 1 heterocycles. The minimum atomic E-state index is -2.57. The van der Waals surface area contributed by atoms with Gasteiger partial charge in [-0.2, -0.15) is 0 Å². The van der Waals surface area contributed by atoms with Crippen molar-refractivity contribution in [3.8, 4) is 0 Å². The van der Waals surface area contributed by atoms with Crippen LogP contribution in [0, 0.1) is 0 Å². The van der Waals surface area contributed by atoms with E-state index >= 15 is 0 Å². The Balaban J connectivity index is 1.84. The lowest BCUT2D eigenvalue weighted by molar-refractivity contribution is -0.204. The third-order valence-corrected chi connectivity index (χ3v) is 20.0. The molecular weight excluding hydrogens is 517 g/mol. The Labute approximate surface area is 241 Å². The van der Waals surface area contributed by atoms with Crippen LogP contribution in [0.3, 0.4) is 0 Å². The molecule has 0 unspecified atom stereocenters. The molecule has 0 saturated carbocycles. The summed E-state index contributed by atoms with van der Waals surface area (Å²) in [7, 11) is -2.82. The van der Waals surface area contributed by atoms with E-state index in [-0.39, 0.29) is 23.5 Å². The molecule has 0 aromatic heterocycles. The van der Waals surface area contributed by atoms with Gasteiger partial charge in [0.2, 0.25) is 8.32 Å². The minimum absolute atomic E-state index is 0.0408. The van der Waals surface area contributed by atoms with E-state index in [1.165, 1.54) is 10.4 Å². The van der Waals surface area contributed by atoms with E-state index in [1.54, 1.807) is 7.11 Å². The van der Waals surface area contributed by atoms with Crippen LogP contribution in [0.5, 0.6) is 0 Å². The Morgan fingerprint density at radius 2 is 1.28 bits per heavy atom. The molecule has 3 rings (SSSR count). The Hall–Kier alpha value is -1.29. The van der Waals surface area contributed by atoms with Crippen molar-refractivity contribution in [1.82, 2.24) is 0 Å². The second-order valence-electron chi connectivity index (χ2n) is 13.3. The average molecular weight is 571 g/mol. The van der Waals surface area contributed by atoms with Crippen LogP contribution in [-0.2, 0) is 18.3 Å². The molecule has 39 heavy (non-hydrogen) atoms. The zero-order valence-electron chi connectivity index (χ0n) is 26.2. The Morgan fingerprint density at radius 1 is 0.795 bits per heavy atom. The molecule has 0 radical (unpaired) electrons. The zero-order valence-corrected chi connectivity index (χ0v) is 28.2. The van der Waals surface area contributed by atoms with Gasteiger partial charge in [0.15, 0.2) is 6.29 Å². The van der Waals surface area contributed by atoms with Gasteiger partial charge in [-0.1, -0.05) is 123 Å². The van der Waals surface area contributed by atoms with Gasteiger partial charge < -0.3 is 18.3 Å². The SMILES string of the molecule is CO[C@H]1C[C@H](O[Si](C(C)C)(C(C)C)C(C)C)C[C@@H](CCO[Si](c2ccccc2)(c2ccccc2)C(C)(C)C)O1. The maximum atomic E-state index is 7.21. The Kier molecular flexibility index (Phi) is 11.2. The molecule has 2 aromatic rings. The first-order valence-corrected chi connectivity index (χ1v) is 19.0. The van der Waals surface area contributed by atoms with E-state index in [9.17, 15) is 0 Å². The van der Waals surface area contributed by atoms with Crippen molar-refractivity contribution in [1.29, 1.82) is 0 Å². The van der Waals surface area contributed by atoms with Gasteiger partial charge in [-0.3, -0.25) is 0 Å². The molecule has 0 aliphatic carbocycles. The lowest BCUT2D eigenvalue weighted by Gasteiger charge is -2.47. The molecule has 0 N–H and O–H groups in total. The monoisotopic (exact) mass is 570 g/mol. The fourth-order valence-electron chi connectivity index (χ4n) is 7.17. The van der Waals surface area contributed by atoms with E-state index in [2.05, 4.69) is 123 Å². The van der Waals surface area contributed by atoms with Crippen LogP contribution >= 0.6 is 0 Å². The quantitative estimate of drug-likeness (QED) is 0.245. The number of methoxy groups -OCH3 is 1. The summed E-state index contributed by atoms with van der Waals surface area (Å²) in [5.74, 6) is 0. The summed E-state index contributed by atoms with van der Waals surface area (Å²) in [6.45, 7) is 21.8. The predicted molar refractivity (Wildman–Crippen MR) is 169 cm³/mol. The number of ether oxygens (including phenoxy) is 2. The van der Waals surface area contributed by atoms with Gasteiger partial charge in [-0.05, 0) is 44.9 Å². The van der Waals surface area contributed by atoms with Gasteiger partial charge in [0.25, 0.3) is 8.32 Å². The minimum Gasteiger partial charge on any atom is -0.413 e. The molecule has 1 aliphatic heterocycles. The highest BCUT2D eigenvalue weighted by Gasteiger charge is 2.51. The molecule has 6 heteroatoms. The summed E-state index contributed by atoms with van der Waals surface area (Å²) in [4.78, 5) is 0. The molecule has 0 amide bonds.